The highest BCUT2D eigenvalue weighted by Crippen LogP contribution is 2.28. The smallest absolute Gasteiger partial charge is 0.242 e. The first kappa shape index (κ1) is 16.3. The molecule has 6 heteroatoms. The van der Waals surface area contributed by atoms with E-state index in [9.17, 15) is 8.42 Å². The molecule has 0 saturated heterocycles. The quantitative estimate of drug-likeness (QED) is 0.617. The van der Waals surface area contributed by atoms with Crippen LogP contribution in [0.5, 0.6) is 0 Å². The minimum atomic E-state index is -3.51. The second-order valence-corrected chi connectivity index (χ2v) is 7.84. The zero-order chi connectivity index (χ0) is 15.6. The number of likely N-dealkylation sites (N-methyl/N-ethyl adjacent to an activating group) is 1. The predicted molar refractivity (Wildman–Crippen MR) is 83.7 cm³/mol. The third-order valence-electron chi connectivity index (χ3n) is 3.99. The van der Waals surface area contributed by atoms with Crippen molar-refractivity contribution in [3.63, 3.8) is 0 Å². The van der Waals surface area contributed by atoms with E-state index in [4.69, 9.17) is 10.5 Å². The number of hydrogen-bond donors (Lipinski definition) is 1. The first-order valence-electron chi connectivity index (χ1n) is 7.23. The summed E-state index contributed by atoms with van der Waals surface area (Å²) in [6.07, 6.45) is 2.46. The number of anilines is 1. The highest BCUT2D eigenvalue weighted by atomic mass is 32.2. The van der Waals surface area contributed by atoms with E-state index in [1.165, 1.54) is 23.2 Å². The maximum absolute atomic E-state index is 12.5. The fourth-order valence-corrected chi connectivity index (χ4v) is 3.31. The minimum absolute atomic E-state index is 0.243. The Balaban J connectivity index is 2.01. The molecule has 5 nitrogen and oxygen atoms in total. The van der Waals surface area contributed by atoms with Crippen LogP contribution in [0.3, 0.4) is 0 Å². The zero-order valence-electron chi connectivity index (χ0n) is 12.9. The number of nitrogens with two attached hydrogens (primary N) is 1. The van der Waals surface area contributed by atoms with E-state index in [0.717, 1.165) is 17.7 Å². The molecule has 1 aliphatic carbocycles. The largest absolute Gasteiger partial charge is 0.398 e. The van der Waals surface area contributed by atoms with Gasteiger partial charge in [0.1, 0.15) is 0 Å². The van der Waals surface area contributed by atoms with Crippen LogP contribution in [0.2, 0.25) is 0 Å². The average molecular weight is 312 g/mol. The summed E-state index contributed by atoms with van der Waals surface area (Å²) in [6.45, 7) is 5.26. The van der Waals surface area contributed by atoms with E-state index >= 15 is 0 Å². The average Bonchev–Trinajstić information content (AvgIpc) is 3.24. The summed E-state index contributed by atoms with van der Waals surface area (Å²) in [5, 5.41) is 0. The molecule has 0 heterocycles. The van der Waals surface area contributed by atoms with Gasteiger partial charge < -0.3 is 10.5 Å². The third-order valence-corrected chi connectivity index (χ3v) is 5.82. The first-order valence-corrected chi connectivity index (χ1v) is 8.67. The van der Waals surface area contributed by atoms with Gasteiger partial charge >= 0.3 is 0 Å². The molecule has 0 spiro atoms. The molecule has 0 atom stereocenters. The van der Waals surface area contributed by atoms with Crippen LogP contribution in [0.25, 0.3) is 0 Å². The highest BCUT2D eigenvalue weighted by Gasteiger charge is 2.23. The molecule has 0 aliphatic heterocycles. The SMILES string of the molecule is Cc1cc(S(=O)(=O)N(C)CCOCC2CC2)cc(N)c1C. The normalized spacial score (nSPS) is 15.6. The van der Waals surface area contributed by atoms with Crippen molar-refractivity contribution in [2.45, 2.75) is 31.6 Å². The fraction of sp³-hybridized carbons (Fsp3) is 0.600. The molecule has 1 fully saturated rings. The van der Waals surface area contributed by atoms with Gasteiger partial charge in [-0.15, -0.1) is 0 Å². The standard InChI is InChI=1S/C15H24N2O3S/c1-11-8-14(9-15(16)12(11)2)21(18,19)17(3)6-7-20-10-13-4-5-13/h8-9,13H,4-7,10,16H2,1-3H3. The van der Waals surface area contributed by atoms with Gasteiger partial charge in [0.05, 0.1) is 11.5 Å². The summed E-state index contributed by atoms with van der Waals surface area (Å²) in [5.41, 5.74) is 8.18. The van der Waals surface area contributed by atoms with Crippen molar-refractivity contribution in [2.75, 3.05) is 32.5 Å². The molecule has 118 valence electrons. The maximum atomic E-state index is 12.5. The Hall–Kier alpha value is -1.11. The van der Waals surface area contributed by atoms with E-state index in [2.05, 4.69) is 0 Å². The van der Waals surface area contributed by atoms with Crippen LogP contribution in [0.4, 0.5) is 5.69 Å². The second-order valence-electron chi connectivity index (χ2n) is 5.80. The summed E-state index contributed by atoms with van der Waals surface area (Å²) >= 11 is 0. The van der Waals surface area contributed by atoms with Crippen LogP contribution in [-0.2, 0) is 14.8 Å². The minimum Gasteiger partial charge on any atom is -0.398 e. The van der Waals surface area contributed by atoms with Crippen molar-refractivity contribution in [1.82, 2.24) is 4.31 Å². The molecular formula is C15H24N2O3S. The van der Waals surface area contributed by atoms with Crippen LogP contribution in [-0.4, -0.2) is 39.5 Å². The van der Waals surface area contributed by atoms with Crippen LogP contribution in [0.1, 0.15) is 24.0 Å². The van der Waals surface area contributed by atoms with Gasteiger partial charge in [-0.05, 0) is 55.9 Å². The molecular weight excluding hydrogens is 288 g/mol. The molecule has 1 aromatic rings. The number of aryl methyl sites for hydroxylation is 1. The summed E-state index contributed by atoms with van der Waals surface area (Å²) in [7, 11) is -1.94. The van der Waals surface area contributed by atoms with Crippen LogP contribution >= 0.6 is 0 Å². The van der Waals surface area contributed by atoms with Gasteiger partial charge in [0, 0.05) is 25.9 Å². The van der Waals surface area contributed by atoms with Crippen molar-refractivity contribution in [1.29, 1.82) is 0 Å². The lowest BCUT2D eigenvalue weighted by Gasteiger charge is -2.18. The Labute approximate surface area is 127 Å². The van der Waals surface area contributed by atoms with Crippen LogP contribution in [0, 0.1) is 19.8 Å². The van der Waals surface area contributed by atoms with Crippen molar-refractivity contribution in [3.05, 3.63) is 23.3 Å². The van der Waals surface area contributed by atoms with Gasteiger partial charge in [-0.25, -0.2) is 8.42 Å². The lowest BCUT2D eigenvalue weighted by molar-refractivity contribution is 0.117. The number of rotatable bonds is 7. The zero-order valence-corrected chi connectivity index (χ0v) is 13.7. The summed E-state index contributed by atoms with van der Waals surface area (Å²) in [5.74, 6) is 0.687. The van der Waals surface area contributed by atoms with Crippen molar-refractivity contribution >= 4 is 15.7 Å². The molecule has 2 rings (SSSR count). The number of hydrogen-bond acceptors (Lipinski definition) is 4. The maximum Gasteiger partial charge on any atom is 0.242 e. The lowest BCUT2D eigenvalue weighted by Crippen LogP contribution is -2.30. The fourth-order valence-electron chi connectivity index (χ4n) is 2.03. The Morgan fingerprint density at radius 3 is 2.57 bits per heavy atom. The van der Waals surface area contributed by atoms with Gasteiger partial charge in [-0.1, -0.05) is 0 Å². The van der Waals surface area contributed by atoms with Gasteiger partial charge in [-0.2, -0.15) is 4.31 Å². The van der Waals surface area contributed by atoms with E-state index in [1.54, 1.807) is 13.1 Å². The number of sulfonamides is 1. The molecule has 0 amide bonds. The number of ether oxygens (including phenoxy) is 1. The van der Waals surface area contributed by atoms with Gasteiger partial charge in [0.15, 0.2) is 0 Å². The molecule has 1 saturated carbocycles. The topological polar surface area (TPSA) is 72.6 Å². The summed E-state index contributed by atoms with van der Waals surface area (Å²) in [4.78, 5) is 0.243. The molecule has 0 radical (unpaired) electrons. The third kappa shape index (κ3) is 3.96. The van der Waals surface area contributed by atoms with Crippen molar-refractivity contribution < 1.29 is 13.2 Å². The predicted octanol–water partition coefficient (Wildman–Crippen LogP) is 1.93. The Morgan fingerprint density at radius 2 is 2.00 bits per heavy atom. The molecule has 0 unspecified atom stereocenters. The molecule has 1 aliphatic rings. The first-order chi connectivity index (χ1) is 9.82. The van der Waals surface area contributed by atoms with Crippen LogP contribution < -0.4 is 5.73 Å². The number of benzene rings is 1. The van der Waals surface area contributed by atoms with Crippen molar-refractivity contribution in [2.24, 2.45) is 5.92 Å². The van der Waals surface area contributed by atoms with Crippen LogP contribution in [0.15, 0.2) is 17.0 Å². The van der Waals surface area contributed by atoms with E-state index in [-0.39, 0.29) is 4.90 Å². The number of nitrogen functional groups attached to an aromatic ring is 1. The van der Waals surface area contributed by atoms with Gasteiger partial charge in [0.25, 0.3) is 0 Å². The monoisotopic (exact) mass is 312 g/mol. The molecule has 0 bridgehead atoms. The van der Waals surface area contributed by atoms with Gasteiger partial charge in [-0.3, -0.25) is 0 Å². The Kier molecular flexibility index (Phi) is 4.91. The Bertz CT molecular complexity index is 586. The molecule has 0 aromatic heterocycles. The van der Waals surface area contributed by atoms with E-state index in [0.29, 0.717) is 24.8 Å². The van der Waals surface area contributed by atoms with Gasteiger partial charge in [0.2, 0.25) is 10.0 Å². The summed E-state index contributed by atoms with van der Waals surface area (Å²) in [6, 6.07) is 3.20. The highest BCUT2D eigenvalue weighted by molar-refractivity contribution is 7.89. The molecule has 21 heavy (non-hydrogen) atoms. The number of nitrogens with zero attached hydrogens (tertiary/aromatic N) is 1. The van der Waals surface area contributed by atoms with Crippen molar-refractivity contribution in [3.8, 4) is 0 Å². The summed E-state index contributed by atoms with van der Waals surface area (Å²) < 4.78 is 31.8. The van der Waals surface area contributed by atoms with E-state index < -0.39 is 10.0 Å². The second kappa shape index (κ2) is 6.34. The lowest BCUT2D eigenvalue weighted by atomic mass is 10.1. The Morgan fingerprint density at radius 1 is 1.33 bits per heavy atom. The van der Waals surface area contributed by atoms with E-state index in [1.807, 2.05) is 13.8 Å². The molecule has 1 aromatic carbocycles. The molecule has 2 N–H and O–H groups in total.